The van der Waals surface area contributed by atoms with Crippen molar-refractivity contribution >= 4 is 0 Å². The van der Waals surface area contributed by atoms with Gasteiger partial charge in [0.25, 0.3) is 0 Å². The number of hydrogen-bond donors (Lipinski definition) is 1. The zero-order chi connectivity index (χ0) is 11.5. The standard InChI is InChI=1S/C14H28N2/c1-4-12(5-2)11(3)16-9-8-14(10-16)15-13-6-7-13/h11-15H,4-10H2,1-3H3. The van der Waals surface area contributed by atoms with Gasteiger partial charge in [-0.25, -0.2) is 0 Å². The van der Waals surface area contributed by atoms with Crippen LogP contribution >= 0.6 is 0 Å². The molecule has 1 aliphatic heterocycles. The largest absolute Gasteiger partial charge is 0.310 e. The van der Waals surface area contributed by atoms with Crippen molar-refractivity contribution in [3.63, 3.8) is 0 Å². The summed E-state index contributed by atoms with van der Waals surface area (Å²) in [5, 5.41) is 3.77. The van der Waals surface area contributed by atoms with Gasteiger partial charge < -0.3 is 5.32 Å². The van der Waals surface area contributed by atoms with Crippen molar-refractivity contribution < 1.29 is 0 Å². The molecule has 1 saturated heterocycles. The molecule has 0 spiro atoms. The average Bonchev–Trinajstić information content (AvgIpc) is 2.96. The first-order chi connectivity index (χ1) is 7.74. The third-order valence-electron chi connectivity index (χ3n) is 4.58. The van der Waals surface area contributed by atoms with Gasteiger partial charge >= 0.3 is 0 Å². The lowest BCUT2D eigenvalue weighted by atomic mass is 9.94. The fourth-order valence-electron chi connectivity index (χ4n) is 3.15. The molecule has 2 atom stereocenters. The molecular formula is C14H28N2. The minimum absolute atomic E-state index is 0.779. The Morgan fingerprint density at radius 1 is 1.12 bits per heavy atom. The highest BCUT2D eigenvalue weighted by Gasteiger charge is 2.32. The summed E-state index contributed by atoms with van der Waals surface area (Å²) >= 11 is 0. The molecule has 94 valence electrons. The van der Waals surface area contributed by atoms with Crippen LogP contribution in [-0.2, 0) is 0 Å². The molecule has 0 amide bonds. The van der Waals surface area contributed by atoms with Gasteiger partial charge in [-0.15, -0.1) is 0 Å². The quantitative estimate of drug-likeness (QED) is 0.746. The van der Waals surface area contributed by atoms with Gasteiger partial charge in [-0.05, 0) is 32.1 Å². The number of likely N-dealkylation sites (tertiary alicyclic amines) is 1. The fraction of sp³-hybridized carbons (Fsp3) is 1.00. The van der Waals surface area contributed by atoms with Crippen LogP contribution in [0.3, 0.4) is 0 Å². The molecular weight excluding hydrogens is 196 g/mol. The van der Waals surface area contributed by atoms with E-state index in [9.17, 15) is 0 Å². The first-order valence-corrected chi connectivity index (χ1v) is 7.24. The second kappa shape index (κ2) is 5.50. The van der Waals surface area contributed by atoms with Crippen molar-refractivity contribution in [2.75, 3.05) is 13.1 Å². The topological polar surface area (TPSA) is 15.3 Å². The van der Waals surface area contributed by atoms with E-state index in [2.05, 4.69) is 31.0 Å². The van der Waals surface area contributed by atoms with Crippen molar-refractivity contribution in [2.45, 2.75) is 71.0 Å². The Morgan fingerprint density at radius 2 is 1.81 bits per heavy atom. The Kier molecular flexibility index (Phi) is 4.26. The van der Waals surface area contributed by atoms with Crippen molar-refractivity contribution in [1.29, 1.82) is 0 Å². The van der Waals surface area contributed by atoms with E-state index in [1.807, 2.05) is 0 Å². The van der Waals surface area contributed by atoms with Gasteiger partial charge in [0.15, 0.2) is 0 Å². The maximum atomic E-state index is 3.77. The van der Waals surface area contributed by atoms with E-state index >= 15 is 0 Å². The molecule has 2 heteroatoms. The van der Waals surface area contributed by atoms with E-state index in [0.29, 0.717) is 0 Å². The lowest BCUT2D eigenvalue weighted by molar-refractivity contribution is 0.177. The lowest BCUT2D eigenvalue weighted by Crippen LogP contribution is -2.40. The summed E-state index contributed by atoms with van der Waals surface area (Å²) in [6.07, 6.45) is 6.85. The first kappa shape index (κ1) is 12.4. The molecule has 2 aliphatic rings. The summed E-state index contributed by atoms with van der Waals surface area (Å²) < 4.78 is 0. The van der Waals surface area contributed by atoms with Crippen LogP contribution in [0.15, 0.2) is 0 Å². The summed E-state index contributed by atoms with van der Waals surface area (Å²) in [7, 11) is 0. The maximum absolute atomic E-state index is 3.77. The summed E-state index contributed by atoms with van der Waals surface area (Å²) in [5.41, 5.74) is 0. The minimum atomic E-state index is 0.779. The van der Waals surface area contributed by atoms with Gasteiger partial charge in [0.1, 0.15) is 0 Å². The molecule has 1 heterocycles. The van der Waals surface area contributed by atoms with Gasteiger partial charge in [-0.3, -0.25) is 4.90 Å². The average molecular weight is 224 g/mol. The summed E-state index contributed by atoms with van der Waals surface area (Å²) in [6.45, 7) is 9.69. The first-order valence-electron chi connectivity index (χ1n) is 7.24. The Bertz CT molecular complexity index is 209. The molecule has 2 fully saturated rings. The van der Waals surface area contributed by atoms with Crippen LogP contribution in [-0.4, -0.2) is 36.1 Å². The molecule has 2 rings (SSSR count). The second-order valence-electron chi connectivity index (χ2n) is 5.74. The molecule has 0 radical (unpaired) electrons. The van der Waals surface area contributed by atoms with Crippen LogP contribution in [0.4, 0.5) is 0 Å². The monoisotopic (exact) mass is 224 g/mol. The zero-order valence-corrected chi connectivity index (χ0v) is 11.2. The smallest absolute Gasteiger partial charge is 0.0209 e. The number of rotatable bonds is 6. The van der Waals surface area contributed by atoms with Crippen LogP contribution in [0.1, 0.15) is 52.9 Å². The van der Waals surface area contributed by atoms with Crippen molar-refractivity contribution in [3.05, 3.63) is 0 Å². The zero-order valence-electron chi connectivity index (χ0n) is 11.2. The molecule has 0 aromatic rings. The minimum Gasteiger partial charge on any atom is -0.310 e. The van der Waals surface area contributed by atoms with E-state index in [0.717, 1.165) is 24.0 Å². The molecule has 0 aromatic carbocycles. The van der Waals surface area contributed by atoms with Crippen LogP contribution in [0, 0.1) is 5.92 Å². The normalized spacial score (nSPS) is 28.9. The summed E-state index contributed by atoms with van der Waals surface area (Å²) in [4.78, 5) is 2.71. The third-order valence-corrected chi connectivity index (χ3v) is 4.58. The molecule has 1 N–H and O–H groups in total. The van der Waals surface area contributed by atoms with Crippen LogP contribution in [0.2, 0.25) is 0 Å². The molecule has 2 nitrogen and oxygen atoms in total. The highest BCUT2D eigenvalue weighted by Crippen LogP contribution is 2.25. The molecule has 0 bridgehead atoms. The van der Waals surface area contributed by atoms with Crippen LogP contribution in [0.5, 0.6) is 0 Å². The highest BCUT2D eigenvalue weighted by molar-refractivity contribution is 4.91. The Hall–Kier alpha value is -0.0800. The van der Waals surface area contributed by atoms with Crippen molar-refractivity contribution in [1.82, 2.24) is 10.2 Å². The van der Waals surface area contributed by atoms with E-state index in [4.69, 9.17) is 0 Å². The van der Waals surface area contributed by atoms with Gasteiger partial charge in [0, 0.05) is 31.2 Å². The summed E-state index contributed by atoms with van der Waals surface area (Å²) in [5.74, 6) is 0.889. The van der Waals surface area contributed by atoms with Crippen LogP contribution in [0.25, 0.3) is 0 Å². The number of nitrogens with one attached hydrogen (secondary N) is 1. The number of nitrogens with zero attached hydrogens (tertiary/aromatic N) is 1. The molecule has 1 aliphatic carbocycles. The van der Waals surface area contributed by atoms with Gasteiger partial charge in [0.05, 0.1) is 0 Å². The maximum Gasteiger partial charge on any atom is 0.0209 e. The van der Waals surface area contributed by atoms with Crippen molar-refractivity contribution in [3.8, 4) is 0 Å². The molecule has 1 saturated carbocycles. The van der Waals surface area contributed by atoms with E-state index < -0.39 is 0 Å². The molecule has 2 unspecified atom stereocenters. The lowest BCUT2D eigenvalue weighted by Gasteiger charge is -2.30. The SMILES string of the molecule is CCC(CC)C(C)N1CCC(NC2CC2)C1. The Labute approximate surface area is 101 Å². The highest BCUT2D eigenvalue weighted by atomic mass is 15.2. The van der Waals surface area contributed by atoms with Gasteiger partial charge in [-0.2, -0.15) is 0 Å². The van der Waals surface area contributed by atoms with Crippen molar-refractivity contribution in [2.24, 2.45) is 5.92 Å². The van der Waals surface area contributed by atoms with Gasteiger partial charge in [-0.1, -0.05) is 26.7 Å². The van der Waals surface area contributed by atoms with E-state index in [1.165, 1.54) is 45.2 Å². The van der Waals surface area contributed by atoms with Crippen LogP contribution < -0.4 is 5.32 Å². The fourth-order valence-corrected chi connectivity index (χ4v) is 3.15. The predicted molar refractivity (Wildman–Crippen MR) is 69.7 cm³/mol. The second-order valence-corrected chi connectivity index (χ2v) is 5.74. The van der Waals surface area contributed by atoms with E-state index in [1.54, 1.807) is 0 Å². The van der Waals surface area contributed by atoms with Gasteiger partial charge in [0.2, 0.25) is 0 Å². The summed E-state index contributed by atoms with van der Waals surface area (Å²) in [6, 6.07) is 2.43. The predicted octanol–water partition coefficient (Wildman–Crippen LogP) is 2.64. The third kappa shape index (κ3) is 2.98. The molecule has 0 aromatic heterocycles. The number of hydrogen-bond acceptors (Lipinski definition) is 2. The Morgan fingerprint density at radius 3 is 2.38 bits per heavy atom. The van der Waals surface area contributed by atoms with E-state index in [-0.39, 0.29) is 0 Å². The molecule has 16 heavy (non-hydrogen) atoms. The Balaban J connectivity index is 1.77.